The van der Waals surface area contributed by atoms with Gasteiger partial charge in [0.05, 0.1) is 11.6 Å². The SMILES string of the molecule is CCC(C)NCc1cccc(OCc2cccc(C#N)c2)c1. The van der Waals surface area contributed by atoms with Crippen molar-refractivity contribution in [3.8, 4) is 11.8 Å². The summed E-state index contributed by atoms with van der Waals surface area (Å²) in [5.74, 6) is 0.853. The van der Waals surface area contributed by atoms with Gasteiger partial charge in [-0.15, -0.1) is 0 Å². The Bertz CT molecular complexity index is 646. The first-order chi connectivity index (χ1) is 10.7. The summed E-state index contributed by atoms with van der Waals surface area (Å²) in [5.41, 5.74) is 2.87. The van der Waals surface area contributed by atoms with E-state index in [0.717, 1.165) is 24.3 Å². The first kappa shape index (κ1) is 16.1. The fraction of sp³-hybridized carbons (Fsp3) is 0.316. The van der Waals surface area contributed by atoms with E-state index in [2.05, 4.69) is 37.4 Å². The summed E-state index contributed by atoms with van der Waals surface area (Å²) in [7, 11) is 0. The number of hydrogen-bond acceptors (Lipinski definition) is 3. The Morgan fingerprint density at radius 1 is 1.14 bits per heavy atom. The largest absolute Gasteiger partial charge is 0.489 e. The monoisotopic (exact) mass is 294 g/mol. The van der Waals surface area contributed by atoms with Crippen LogP contribution in [0.1, 0.15) is 37.0 Å². The summed E-state index contributed by atoms with van der Waals surface area (Å²) in [6, 6.07) is 18.3. The zero-order chi connectivity index (χ0) is 15.8. The average Bonchev–Trinajstić information content (AvgIpc) is 2.58. The molecule has 0 amide bonds. The van der Waals surface area contributed by atoms with Crippen molar-refractivity contribution in [3.05, 3.63) is 65.2 Å². The molecule has 0 bridgehead atoms. The van der Waals surface area contributed by atoms with Gasteiger partial charge in [-0.25, -0.2) is 0 Å². The highest BCUT2D eigenvalue weighted by molar-refractivity contribution is 5.33. The van der Waals surface area contributed by atoms with E-state index in [4.69, 9.17) is 10.00 Å². The smallest absolute Gasteiger partial charge is 0.120 e. The molecule has 2 aromatic carbocycles. The summed E-state index contributed by atoms with van der Waals surface area (Å²) >= 11 is 0. The molecule has 0 fully saturated rings. The second kappa shape index (κ2) is 8.21. The fourth-order valence-corrected chi connectivity index (χ4v) is 2.08. The van der Waals surface area contributed by atoms with Crippen LogP contribution in [0.25, 0.3) is 0 Å². The third-order valence-corrected chi connectivity index (χ3v) is 3.63. The molecule has 0 heterocycles. The van der Waals surface area contributed by atoms with Crippen LogP contribution in [-0.2, 0) is 13.2 Å². The van der Waals surface area contributed by atoms with Crippen molar-refractivity contribution < 1.29 is 4.74 Å². The maximum absolute atomic E-state index is 8.91. The van der Waals surface area contributed by atoms with Crippen molar-refractivity contribution in [3.63, 3.8) is 0 Å². The number of hydrogen-bond donors (Lipinski definition) is 1. The van der Waals surface area contributed by atoms with Crippen LogP contribution < -0.4 is 10.1 Å². The topological polar surface area (TPSA) is 45.0 Å². The molecule has 2 aromatic rings. The normalized spacial score (nSPS) is 11.7. The lowest BCUT2D eigenvalue weighted by molar-refractivity contribution is 0.306. The minimum absolute atomic E-state index is 0.470. The Kier molecular flexibility index (Phi) is 6.00. The van der Waals surface area contributed by atoms with Gasteiger partial charge >= 0.3 is 0 Å². The lowest BCUT2D eigenvalue weighted by atomic mass is 10.1. The molecule has 0 saturated carbocycles. The Morgan fingerprint density at radius 3 is 2.68 bits per heavy atom. The Labute approximate surface area is 132 Å². The van der Waals surface area contributed by atoms with Crippen LogP contribution >= 0.6 is 0 Å². The number of benzene rings is 2. The quantitative estimate of drug-likeness (QED) is 0.838. The van der Waals surface area contributed by atoms with E-state index in [1.54, 1.807) is 6.07 Å². The molecule has 3 nitrogen and oxygen atoms in total. The molecule has 0 aliphatic heterocycles. The van der Waals surface area contributed by atoms with E-state index in [1.165, 1.54) is 5.56 Å². The van der Waals surface area contributed by atoms with Crippen molar-refractivity contribution in [2.24, 2.45) is 0 Å². The van der Waals surface area contributed by atoms with Crippen LogP contribution in [0.3, 0.4) is 0 Å². The van der Waals surface area contributed by atoms with Gasteiger partial charge < -0.3 is 10.1 Å². The van der Waals surface area contributed by atoms with E-state index in [0.29, 0.717) is 18.2 Å². The van der Waals surface area contributed by atoms with E-state index >= 15 is 0 Å². The maximum atomic E-state index is 8.91. The van der Waals surface area contributed by atoms with E-state index < -0.39 is 0 Å². The summed E-state index contributed by atoms with van der Waals surface area (Å²) in [4.78, 5) is 0. The predicted octanol–water partition coefficient (Wildman–Crippen LogP) is 4.03. The van der Waals surface area contributed by atoms with Gasteiger partial charge in [-0.1, -0.05) is 31.2 Å². The van der Waals surface area contributed by atoms with Crippen LogP contribution in [0, 0.1) is 11.3 Å². The molecule has 0 spiro atoms. The summed E-state index contributed by atoms with van der Waals surface area (Å²) in [6.07, 6.45) is 1.12. The lowest BCUT2D eigenvalue weighted by Gasteiger charge is -2.12. The minimum atomic E-state index is 0.470. The molecule has 1 N–H and O–H groups in total. The molecule has 2 rings (SSSR count). The molecule has 3 heteroatoms. The highest BCUT2D eigenvalue weighted by Gasteiger charge is 2.01. The van der Waals surface area contributed by atoms with E-state index in [-0.39, 0.29) is 0 Å². The third kappa shape index (κ3) is 4.91. The molecule has 0 radical (unpaired) electrons. The van der Waals surface area contributed by atoms with Gasteiger partial charge in [0.1, 0.15) is 12.4 Å². The highest BCUT2D eigenvalue weighted by Crippen LogP contribution is 2.16. The van der Waals surface area contributed by atoms with Crippen LogP contribution in [0.15, 0.2) is 48.5 Å². The molecular formula is C19H22N2O. The highest BCUT2D eigenvalue weighted by atomic mass is 16.5. The zero-order valence-corrected chi connectivity index (χ0v) is 13.2. The zero-order valence-electron chi connectivity index (χ0n) is 13.2. The van der Waals surface area contributed by atoms with Gasteiger partial charge in [0.2, 0.25) is 0 Å². The number of nitriles is 1. The first-order valence-electron chi connectivity index (χ1n) is 7.65. The number of nitrogens with zero attached hydrogens (tertiary/aromatic N) is 1. The second-order valence-electron chi connectivity index (χ2n) is 5.44. The molecule has 1 unspecified atom stereocenters. The van der Waals surface area contributed by atoms with Gasteiger partial charge in [-0.05, 0) is 48.7 Å². The summed E-state index contributed by atoms with van der Waals surface area (Å²) < 4.78 is 5.83. The predicted molar refractivity (Wildman–Crippen MR) is 88.5 cm³/mol. The Balaban J connectivity index is 1.94. The van der Waals surface area contributed by atoms with E-state index in [1.807, 2.05) is 30.3 Å². The van der Waals surface area contributed by atoms with Gasteiger partial charge in [0.25, 0.3) is 0 Å². The molecular weight excluding hydrogens is 272 g/mol. The first-order valence-corrected chi connectivity index (χ1v) is 7.65. The maximum Gasteiger partial charge on any atom is 0.120 e. The Morgan fingerprint density at radius 2 is 1.91 bits per heavy atom. The minimum Gasteiger partial charge on any atom is -0.489 e. The molecule has 1 atom stereocenters. The number of ether oxygens (including phenoxy) is 1. The standard InChI is InChI=1S/C19H22N2O/c1-3-15(2)21-13-17-7-5-9-19(11-17)22-14-18-8-4-6-16(10-18)12-20/h4-11,15,21H,3,13-14H2,1-2H3. The molecule has 0 aromatic heterocycles. The van der Waals surface area contributed by atoms with Crippen LogP contribution in [-0.4, -0.2) is 6.04 Å². The summed E-state index contributed by atoms with van der Waals surface area (Å²) in [6.45, 7) is 5.67. The molecule has 0 aliphatic carbocycles. The van der Waals surface area contributed by atoms with Gasteiger partial charge in [0, 0.05) is 12.6 Å². The van der Waals surface area contributed by atoms with Gasteiger partial charge in [0.15, 0.2) is 0 Å². The second-order valence-corrected chi connectivity index (χ2v) is 5.44. The number of nitrogens with one attached hydrogen (secondary N) is 1. The van der Waals surface area contributed by atoms with Gasteiger partial charge in [-0.3, -0.25) is 0 Å². The van der Waals surface area contributed by atoms with Crippen molar-refractivity contribution in [2.45, 2.75) is 39.5 Å². The van der Waals surface area contributed by atoms with Crippen molar-refractivity contribution in [1.82, 2.24) is 5.32 Å². The van der Waals surface area contributed by atoms with Crippen molar-refractivity contribution in [1.29, 1.82) is 5.26 Å². The molecule has 114 valence electrons. The van der Waals surface area contributed by atoms with Crippen molar-refractivity contribution >= 4 is 0 Å². The molecule has 22 heavy (non-hydrogen) atoms. The lowest BCUT2D eigenvalue weighted by Crippen LogP contribution is -2.24. The van der Waals surface area contributed by atoms with E-state index in [9.17, 15) is 0 Å². The molecule has 0 aliphatic rings. The Hall–Kier alpha value is -2.31. The van der Waals surface area contributed by atoms with Crippen molar-refractivity contribution in [2.75, 3.05) is 0 Å². The average molecular weight is 294 g/mol. The third-order valence-electron chi connectivity index (χ3n) is 3.63. The molecule has 0 saturated heterocycles. The van der Waals surface area contributed by atoms with Crippen LogP contribution in [0.2, 0.25) is 0 Å². The number of rotatable bonds is 7. The fourth-order valence-electron chi connectivity index (χ4n) is 2.08. The van der Waals surface area contributed by atoms with Gasteiger partial charge in [-0.2, -0.15) is 5.26 Å². The van der Waals surface area contributed by atoms with Crippen LogP contribution in [0.5, 0.6) is 5.75 Å². The van der Waals surface area contributed by atoms with Crippen LogP contribution in [0.4, 0.5) is 0 Å². The summed E-state index contributed by atoms with van der Waals surface area (Å²) in [5, 5.41) is 12.4.